The smallest absolute Gasteiger partial charge is 0.365 e. The Morgan fingerprint density at radius 1 is 1.43 bits per heavy atom. The first-order valence-corrected chi connectivity index (χ1v) is 9.02. The van der Waals surface area contributed by atoms with Crippen LogP contribution in [0.5, 0.6) is 0 Å². The molecule has 0 spiro atoms. The second-order valence-electron chi connectivity index (χ2n) is 5.02. The molecule has 2 amide bonds. The van der Waals surface area contributed by atoms with Gasteiger partial charge in [0.2, 0.25) is 11.8 Å². The van der Waals surface area contributed by atoms with E-state index in [9.17, 15) is 14.4 Å². The molecule has 1 aromatic rings. The maximum absolute atomic E-state index is 12.4. The number of nitrogens with zero attached hydrogens (tertiary/aromatic N) is 1. The lowest BCUT2D eigenvalue weighted by molar-refractivity contribution is -0.401. The van der Waals surface area contributed by atoms with Gasteiger partial charge in [0.25, 0.3) is 0 Å². The Bertz CT molecular complexity index is 608. The van der Waals surface area contributed by atoms with Crippen LogP contribution < -0.4 is 10.6 Å². The number of imide groups is 1. The fraction of sp³-hybridized carbons (Fsp3) is 0.400. The third kappa shape index (κ3) is 4.33. The molecular weight excluding hydrogens is 384 g/mol. The average molecular weight is 402 g/mol. The van der Waals surface area contributed by atoms with Crippen molar-refractivity contribution in [3.05, 3.63) is 28.7 Å². The molecule has 3 N–H and O–H groups in total. The summed E-state index contributed by atoms with van der Waals surface area (Å²) in [5.41, 5.74) is 4.30. The van der Waals surface area contributed by atoms with Gasteiger partial charge in [-0.1, -0.05) is 15.9 Å². The minimum Gasteiger partial charge on any atom is -0.462 e. The van der Waals surface area contributed by atoms with Gasteiger partial charge in [-0.15, -0.1) is 11.8 Å². The number of benzene rings is 1. The Kier molecular flexibility index (Phi) is 6.20. The van der Waals surface area contributed by atoms with Crippen molar-refractivity contribution in [1.29, 1.82) is 0 Å². The number of hydrogen-bond donors (Lipinski definition) is 1. The Balaban J connectivity index is 1.98. The Morgan fingerprint density at radius 3 is 2.70 bits per heavy atom. The standard InChI is InChI=1S/C15H17BrN2O4S/c1-2-22-15(21)11(17)8-23-12-7-13(19)18(14(12)20)10-5-3-9(16)4-6-10/h3-6,11-12H,2,7-8,17H2,1H3/p+1/t11-,12-/m1/s1. The molecule has 1 aromatic carbocycles. The summed E-state index contributed by atoms with van der Waals surface area (Å²) < 4.78 is 5.76. The van der Waals surface area contributed by atoms with Crippen molar-refractivity contribution in [2.75, 3.05) is 17.3 Å². The number of rotatable bonds is 6. The average Bonchev–Trinajstić information content (AvgIpc) is 2.80. The van der Waals surface area contributed by atoms with E-state index in [-0.39, 0.29) is 24.2 Å². The third-order valence-corrected chi connectivity index (χ3v) is 5.20. The van der Waals surface area contributed by atoms with Crippen molar-refractivity contribution < 1.29 is 24.9 Å². The predicted octanol–water partition coefficient (Wildman–Crippen LogP) is 0.988. The number of amides is 2. The molecule has 1 saturated heterocycles. The van der Waals surface area contributed by atoms with Crippen LogP contribution in [0.3, 0.4) is 0 Å². The van der Waals surface area contributed by atoms with Crippen LogP contribution in [0.4, 0.5) is 5.69 Å². The molecule has 0 aliphatic carbocycles. The van der Waals surface area contributed by atoms with Gasteiger partial charge >= 0.3 is 5.97 Å². The largest absolute Gasteiger partial charge is 0.462 e. The number of esters is 1. The summed E-state index contributed by atoms with van der Waals surface area (Å²) >= 11 is 4.60. The van der Waals surface area contributed by atoms with E-state index in [1.165, 1.54) is 16.7 Å². The molecular formula is C15H18BrN2O4S+. The Labute approximate surface area is 146 Å². The van der Waals surface area contributed by atoms with Crippen molar-refractivity contribution in [1.82, 2.24) is 0 Å². The fourth-order valence-electron chi connectivity index (χ4n) is 2.16. The summed E-state index contributed by atoms with van der Waals surface area (Å²) in [6.07, 6.45) is 0.134. The monoisotopic (exact) mass is 401 g/mol. The van der Waals surface area contributed by atoms with Crippen LogP contribution in [0.2, 0.25) is 0 Å². The summed E-state index contributed by atoms with van der Waals surface area (Å²) in [4.78, 5) is 37.3. The van der Waals surface area contributed by atoms with E-state index in [2.05, 4.69) is 21.7 Å². The van der Waals surface area contributed by atoms with Gasteiger partial charge < -0.3 is 10.5 Å². The van der Waals surface area contributed by atoms with Crippen LogP contribution in [0.1, 0.15) is 13.3 Å². The minimum absolute atomic E-state index is 0.134. The van der Waals surface area contributed by atoms with E-state index in [4.69, 9.17) is 4.74 Å². The van der Waals surface area contributed by atoms with Crippen molar-refractivity contribution >= 4 is 51.2 Å². The lowest BCUT2D eigenvalue weighted by atomic mass is 10.3. The SMILES string of the molecule is CCOC(=O)[C@H]([NH3+])CS[C@@H]1CC(=O)N(c2ccc(Br)cc2)C1=O. The number of carbonyl (C=O) groups is 3. The second-order valence-corrected chi connectivity index (χ2v) is 7.17. The van der Waals surface area contributed by atoms with Gasteiger partial charge in [-0.05, 0) is 31.2 Å². The molecule has 2 atom stereocenters. The number of anilines is 1. The van der Waals surface area contributed by atoms with Gasteiger partial charge in [0, 0.05) is 10.9 Å². The number of ether oxygens (including phenoxy) is 1. The molecule has 8 heteroatoms. The molecule has 1 aliphatic rings. The zero-order chi connectivity index (χ0) is 17.0. The number of carbonyl (C=O) groups excluding carboxylic acids is 3. The van der Waals surface area contributed by atoms with Crippen molar-refractivity contribution in [2.45, 2.75) is 24.6 Å². The molecule has 1 heterocycles. The first-order valence-electron chi connectivity index (χ1n) is 7.17. The minimum atomic E-state index is -0.551. The van der Waals surface area contributed by atoms with E-state index < -0.39 is 11.3 Å². The maximum Gasteiger partial charge on any atom is 0.365 e. The number of thioether (sulfide) groups is 1. The van der Waals surface area contributed by atoms with Gasteiger partial charge in [-0.2, -0.15) is 0 Å². The third-order valence-electron chi connectivity index (χ3n) is 3.31. The second kappa shape index (κ2) is 7.94. The molecule has 1 fully saturated rings. The highest BCUT2D eigenvalue weighted by Crippen LogP contribution is 2.30. The number of halogens is 1. The Morgan fingerprint density at radius 2 is 2.09 bits per heavy atom. The van der Waals surface area contributed by atoms with E-state index in [1.54, 1.807) is 31.2 Å². The van der Waals surface area contributed by atoms with Crippen LogP contribution in [0, 0.1) is 0 Å². The molecule has 0 unspecified atom stereocenters. The summed E-state index contributed by atoms with van der Waals surface area (Å²) in [5.74, 6) is -0.525. The summed E-state index contributed by atoms with van der Waals surface area (Å²) in [6.45, 7) is 2.03. The van der Waals surface area contributed by atoms with E-state index >= 15 is 0 Å². The fourth-order valence-corrected chi connectivity index (χ4v) is 3.53. The van der Waals surface area contributed by atoms with Gasteiger partial charge in [0.15, 0.2) is 6.04 Å². The number of quaternary nitrogens is 1. The summed E-state index contributed by atoms with van der Waals surface area (Å²) in [7, 11) is 0. The maximum atomic E-state index is 12.4. The van der Waals surface area contributed by atoms with Crippen molar-refractivity contribution in [3.63, 3.8) is 0 Å². The topological polar surface area (TPSA) is 91.3 Å². The number of hydrogen-bond acceptors (Lipinski definition) is 5. The zero-order valence-corrected chi connectivity index (χ0v) is 15.1. The highest BCUT2D eigenvalue weighted by atomic mass is 79.9. The van der Waals surface area contributed by atoms with Crippen LogP contribution in [0.25, 0.3) is 0 Å². The first-order chi connectivity index (χ1) is 10.9. The van der Waals surface area contributed by atoms with E-state index in [1.807, 2.05) is 0 Å². The van der Waals surface area contributed by atoms with Gasteiger partial charge in [0.1, 0.15) is 0 Å². The molecule has 23 heavy (non-hydrogen) atoms. The van der Waals surface area contributed by atoms with Crippen LogP contribution >= 0.6 is 27.7 Å². The van der Waals surface area contributed by atoms with Crippen LogP contribution in [0.15, 0.2) is 28.7 Å². The summed E-state index contributed by atoms with van der Waals surface area (Å²) in [6, 6.07) is 6.45. The van der Waals surface area contributed by atoms with Gasteiger partial charge in [-0.3, -0.25) is 9.59 Å². The van der Waals surface area contributed by atoms with Crippen molar-refractivity contribution in [3.8, 4) is 0 Å². The Hall–Kier alpha value is -1.38. The zero-order valence-electron chi connectivity index (χ0n) is 12.7. The molecule has 0 saturated carbocycles. The molecule has 2 rings (SSSR count). The molecule has 124 valence electrons. The highest BCUT2D eigenvalue weighted by Gasteiger charge is 2.40. The lowest BCUT2D eigenvalue weighted by Crippen LogP contribution is -2.66. The first kappa shape index (κ1) is 18.0. The van der Waals surface area contributed by atoms with Crippen molar-refractivity contribution in [2.24, 2.45) is 0 Å². The predicted molar refractivity (Wildman–Crippen MR) is 90.8 cm³/mol. The summed E-state index contributed by atoms with van der Waals surface area (Å²) in [5, 5.41) is -0.482. The van der Waals surface area contributed by atoms with Crippen LogP contribution in [-0.2, 0) is 19.1 Å². The van der Waals surface area contributed by atoms with Gasteiger partial charge in [0.05, 0.1) is 23.3 Å². The molecule has 0 bridgehead atoms. The van der Waals surface area contributed by atoms with E-state index in [0.717, 1.165) is 4.47 Å². The molecule has 0 aromatic heterocycles. The molecule has 0 radical (unpaired) electrons. The molecule has 1 aliphatic heterocycles. The lowest BCUT2D eigenvalue weighted by Gasteiger charge is -2.15. The van der Waals surface area contributed by atoms with E-state index in [0.29, 0.717) is 18.0 Å². The quantitative estimate of drug-likeness (QED) is 0.566. The van der Waals surface area contributed by atoms with Crippen LogP contribution in [-0.4, -0.2) is 41.4 Å². The molecule has 6 nitrogen and oxygen atoms in total. The van der Waals surface area contributed by atoms with Gasteiger partial charge in [-0.25, -0.2) is 9.69 Å². The highest BCUT2D eigenvalue weighted by molar-refractivity contribution is 9.10. The normalized spacial score (nSPS) is 19.1.